The van der Waals surface area contributed by atoms with Crippen LogP contribution in [0, 0.1) is 0 Å². The molecule has 2 heterocycles. The van der Waals surface area contributed by atoms with Crippen LogP contribution in [0.5, 0.6) is 0 Å². The number of hydrogen-bond donors (Lipinski definition) is 0. The first-order valence-electron chi connectivity index (χ1n) is 5.88. The highest BCUT2D eigenvalue weighted by molar-refractivity contribution is 5.89. The predicted octanol–water partition coefficient (Wildman–Crippen LogP) is 3.18. The first-order chi connectivity index (χ1) is 9.33. The Bertz CT molecular complexity index is 703. The summed E-state index contributed by atoms with van der Waals surface area (Å²) in [5.74, 6) is -0.438. The first kappa shape index (κ1) is 11.5. The maximum atomic E-state index is 11.9. The number of pyridine rings is 1. The van der Waals surface area contributed by atoms with Gasteiger partial charge in [-0.15, -0.1) is 0 Å². The van der Waals surface area contributed by atoms with Crippen molar-refractivity contribution in [3.63, 3.8) is 0 Å². The minimum Gasteiger partial charge on any atom is -0.463 e. The number of hydrogen-bond acceptors (Lipinski definition) is 4. The van der Waals surface area contributed by atoms with Crippen molar-refractivity contribution in [1.29, 1.82) is 0 Å². The highest BCUT2D eigenvalue weighted by atomic mass is 16.5. The molecular weight excluding hydrogens is 242 g/mol. The number of benzene rings is 1. The van der Waals surface area contributed by atoms with Crippen molar-refractivity contribution in [2.45, 2.75) is 6.61 Å². The summed E-state index contributed by atoms with van der Waals surface area (Å²) in [5.41, 5.74) is 2.53. The molecule has 2 aromatic heterocycles. The summed E-state index contributed by atoms with van der Waals surface area (Å²) in [4.78, 5) is 16.0. The number of aromatic nitrogens is 1. The van der Waals surface area contributed by atoms with Crippen molar-refractivity contribution in [3.05, 3.63) is 66.1 Å². The molecule has 1 aromatic carbocycles. The molecule has 94 valence electrons. The van der Waals surface area contributed by atoms with Crippen LogP contribution < -0.4 is 0 Å². The van der Waals surface area contributed by atoms with E-state index < -0.39 is 5.97 Å². The molecular formula is C15H11NO3. The molecule has 0 aliphatic rings. The highest BCUT2D eigenvalue weighted by Gasteiger charge is 2.10. The van der Waals surface area contributed by atoms with Crippen LogP contribution in [-0.2, 0) is 11.3 Å². The van der Waals surface area contributed by atoms with Gasteiger partial charge < -0.3 is 9.15 Å². The average Bonchev–Trinajstić information content (AvgIpc) is 2.93. The van der Waals surface area contributed by atoms with Gasteiger partial charge in [0.1, 0.15) is 17.8 Å². The van der Waals surface area contributed by atoms with Gasteiger partial charge >= 0.3 is 5.97 Å². The molecule has 0 spiro atoms. The Morgan fingerprint density at radius 1 is 1.11 bits per heavy atom. The lowest BCUT2D eigenvalue weighted by Gasteiger charge is -2.04. The zero-order valence-corrected chi connectivity index (χ0v) is 10.1. The molecule has 0 saturated heterocycles. The maximum absolute atomic E-state index is 11.9. The molecule has 0 N–H and O–H groups in total. The number of ether oxygens (including phenoxy) is 1. The standard InChI is InChI=1S/C15H11NO3/c17-15(19-10-11-4-2-1-3-5-11)13-6-7-14-12(16-13)8-9-18-14/h1-9H,10H2. The van der Waals surface area contributed by atoms with Crippen molar-refractivity contribution in [1.82, 2.24) is 4.98 Å². The molecule has 4 heteroatoms. The van der Waals surface area contributed by atoms with Crippen molar-refractivity contribution >= 4 is 17.1 Å². The minimum absolute atomic E-state index is 0.241. The minimum atomic E-state index is -0.438. The summed E-state index contributed by atoms with van der Waals surface area (Å²) in [5, 5.41) is 0. The van der Waals surface area contributed by atoms with E-state index in [0.717, 1.165) is 5.56 Å². The Kier molecular flexibility index (Phi) is 2.98. The number of esters is 1. The van der Waals surface area contributed by atoms with Crippen molar-refractivity contribution < 1.29 is 13.9 Å². The van der Waals surface area contributed by atoms with Crippen LogP contribution in [0.2, 0.25) is 0 Å². The first-order valence-corrected chi connectivity index (χ1v) is 5.88. The Morgan fingerprint density at radius 3 is 2.79 bits per heavy atom. The molecule has 3 rings (SSSR count). The molecule has 0 amide bonds. The lowest BCUT2D eigenvalue weighted by molar-refractivity contribution is 0.0466. The molecule has 0 aliphatic heterocycles. The van der Waals surface area contributed by atoms with Gasteiger partial charge in [0, 0.05) is 6.07 Å². The third-order valence-electron chi connectivity index (χ3n) is 2.73. The van der Waals surface area contributed by atoms with Crippen LogP contribution >= 0.6 is 0 Å². The number of furan rings is 1. The third-order valence-corrected chi connectivity index (χ3v) is 2.73. The number of fused-ring (bicyclic) bond motifs is 1. The van der Waals surface area contributed by atoms with E-state index in [1.54, 1.807) is 18.2 Å². The van der Waals surface area contributed by atoms with Crippen LogP contribution in [-0.4, -0.2) is 11.0 Å². The average molecular weight is 253 g/mol. The monoisotopic (exact) mass is 253 g/mol. The zero-order valence-electron chi connectivity index (χ0n) is 10.1. The molecule has 0 fully saturated rings. The van der Waals surface area contributed by atoms with E-state index in [4.69, 9.17) is 9.15 Å². The largest absolute Gasteiger partial charge is 0.463 e. The van der Waals surface area contributed by atoms with Crippen LogP contribution in [0.4, 0.5) is 0 Å². The summed E-state index contributed by atoms with van der Waals surface area (Å²) < 4.78 is 10.4. The molecule has 19 heavy (non-hydrogen) atoms. The highest BCUT2D eigenvalue weighted by Crippen LogP contribution is 2.14. The fraction of sp³-hybridized carbons (Fsp3) is 0.0667. The molecule has 0 aliphatic carbocycles. The van der Waals surface area contributed by atoms with Crippen molar-refractivity contribution in [3.8, 4) is 0 Å². The van der Waals surface area contributed by atoms with Gasteiger partial charge in [-0.1, -0.05) is 30.3 Å². The van der Waals surface area contributed by atoms with Crippen LogP contribution in [0.3, 0.4) is 0 Å². The van der Waals surface area contributed by atoms with Crippen molar-refractivity contribution in [2.75, 3.05) is 0 Å². The maximum Gasteiger partial charge on any atom is 0.357 e. The number of carbonyl (C=O) groups excluding carboxylic acids is 1. The van der Waals surface area contributed by atoms with E-state index in [2.05, 4.69) is 4.98 Å². The summed E-state index contributed by atoms with van der Waals surface area (Å²) in [6.07, 6.45) is 1.54. The fourth-order valence-electron chi connectivity index (χ4n) is 1.76. The molecule has 0 unspecified atom stereocenters. The second-order valence-electron chi connectivity index (χ2n) is 4.06. The Labute approximate surface area is 109 Å². The quantitative estimate of drug-likeness (QED) is 0.673. The third kappa shape index (κ3) is 2.47. The van der Waals surface area contributed by atoms with Gasteiger partial charge in [0.25, 0.3) is 0 Å². The smallest absolute Gasteiger partial charge is 0.357 e. The SMILES string of the molecule is O=C(OCc1ccccc1)c1ccc2occc2n1. The van der Waals surface area contributed by atoms with Gasteiger partial charge in [0.2, 0.25) is 0 Å². The molecule has 3 aromatic rings. The van der Waals surface area contributed by atoms with Gasteiger partial charge in [-0.2, -0.15) is 0 Å². The molecule has 0 bridgehead atoms. The summed E-state index contributed by atoms with van der Waals surface area (Å²) in [6.45, 7) is 0.241. The molecule has 0 saturated carbocycles. The lowest BCUT2D eigenvalue weighted by Crippen LogP contribution is -2.07. The molecule has 4 nitrogen and oxygen atoms in total. The van der Waals surface area contributed by atoms with Gasteiger partial charge in [0.05, 0.1) is 6.26 Å². The van der Waals surface area contributed by atoms with E-state index in [-0.39, 0.29) is 12.3 Å². The topological polar surface area (TPSA) is 52.3 Å². The normalized spacial score (nSPS) is 10.5. The van der Waals surface area contributed by atoms with E-state index in [1.807, 2.05) is 30.3 Å². The van der Waals surface area contributed by atoms with E-state index in [1.165, 1.54) is 6.26 Å². The summed E-state index contributed by atoms with van der Waals surface area (Å²) in [7, 11) is 0. The van der Waals surface area contributed by atoms with Gasteiger partial charge in [-0.25, -0.2) is 9.78 Å². The zero-order chi connectivity index (χ0) is 13.1. The lowest BCUT2D eigenvalue weighted by atomic mass is 10.2. The van der Waals surface area contributed by atoms with Gasteiger partial charge in [-0.3, -0.25) is 0 Å². The number of carbonyl (C=O) groups is 1. The van der Waals surface area contributed by atoms with E-state index in [0.29, 0.717) is 11.1 Å². The predicted molar refractivity (Wildman–Crippen MR) is 69.6 cm³/mol. The van der Waals surface area contributed by atoms with Crippen molar-refractivity contribution in [2.24, 2.45) is 0 Å². The van der Waals surface area contributed by atoms with E-state index in [9.17, 15) is 4.79 Å². The Morgan fingerprint density at radius 2 is 1.95 bits per heavy atom. The van der Waals surface area contributed by atoms with Gasteiger partial charge in [0.15, 0.2) is 5.58 Å². The van der Waals surface area contributed by atoms with Gasteiger partial charge in [-0.05, 0) is 17.7 Å². The number of rotatable bonds is 3. The van der Waals surface area contributed by atoms with E-state index >= 15 is 0 Å². The summed E-state index contributed by atoms with van der Waals surface area (Å²) in [6, 6.07) is 14.5. The summed E-state index contributed by atoms with van der Waals surface area (Å²) >= 11 is 0. The number of nitrogens with zero attached hydrogens (tertiary/aromatic N) is 1. The molecule has 0 radical (unpaired) electrons. The Hall–Kier alpha value is -2.62. The second-order valence-corrected chi connectivity index (χ2v) is 4.06. The van der Waals surface area contributed by atoms with Crippen LogP contribution in [0.1, 0.15) is 16.1 Å². The Balaban J connectivity index is 1.73. The van der Waals surface area contributed by atoms with Crippen LogP contribution in [0.15, 0.2) is 59.2 Å². The second kappa shape index (κ2) is 4.94. The molecule has 0 atom stereocenters. The fourth-order valence-corrected chi connectivity index (χ4v) is 1.76. The van der Waals surface area contributed by atoms with Crippen LogP contribution in [0.25, 0.3) is 11.1 Å².